The smallest absolute Gasteiger partial charge is 0.265 e. The Kier molecular flexibility index (Phi) is 8.82. The topological polar surface area (TPSA) is 108 Å². The summed E-state index contributed by atoms with van der Waals surface area (Å²) in [4.78, 5) is 47.2. The van der Waals surface area contributed by atoms with E-state index in [-0.39, 0.29) is 17.2 Å². The average Bonchev–Trinajstić information content (AvgIpc) is 3.33. The molecule has 5 atom stereocenters. The summed E-state index contributed by atoms with van der Waals surface area (Å²) in [5.41, 5.74) is -2.36. The molecule has 0 radical (unpaired) electrons. The third-order valence-electron chi connectivity index (χ3n) is 10.4. The van der Waals surface area contributed by atoms with Crippen LogP contribution in [0.15, 0.2) is 103 Å². The summed E-state index contributed by atoms with van der Waals surface area (Å²) in [5, 5.41) is 20.5. The highest BCUT2D eigenvalue weighted by Gasteiger charge is 2.80. The number of benzene rings is 4. The van der Waals surface area contributed by atoms with E-state index in [0.29, 0.717) is 16.5 Å². The zero-order valence-electron chi connectivity index (χ0n) is 27.6. The fourth-order valence-corrected chi connectivity index (χ4v) is 8.09. The highest BCUT2D eigenvalue weighted by atomic mass is 35.5. The summed E-state index contributed by atoms with van der Waals surface area (Å²) in [6.45, 7) is 3.78. The highest BCUT2D eigenvalue weighted by Crippen LogP contribution is 2.59. The number of aryl methyl sites for hydroxylation is 1. The van der Waals surface area contributed by atoms with Crippen LogP contribution in [0.2, 0.25) is 5.02 Å². The van der Waals surface area contributed by atoms with Crippen LogP contribution in [-0.4, -0.2) is 41.0 Å². The van der Waals surface area contributed by atoms with Crippen molar-refractivity contribution in [3.63, 3.8) is 0 Å². The van der Waals surface area contributed by atoms with Crippen molar-refractivity contribution in [1.82, 2.24) is 10.6 Å². The van der Waals surface area contributed by atoms with E-state index >= 15 is 14.4 Å². The second kappa shape index (κ2) is 13.1. The number of Topliss-reactive ketones (excluding diaryl/α,β-unsaturated/α-hetero) is 1. The standard InChI is InChI=1S/C40H40ClN3O5/c1-25-18-23-33-32(24-25)35(45)39(37(49-33)42-26(2)27-12-6-3-7-13-27)34(36(46)43-30-16-10-5-11-17-30)44(31-21-19-29(41)20-22-31)38(47)40(39,48)28-14-8-4-9-15-28/h3-4,6-9,12-15,18-24,26,30,34,37,42,48H,5,10-11,16-17H2,1-2H3,(H,43,46)/t26-,34+,37-,39-,40+/m0/s1. The first-order chi connectivity index (χ1) is 23.7. The number of ether oxygens (including phenoxy) is 1. The first kappa shape index (κ1) is 33.0. The SMILES string of the molecule is Cc1ccc2c(c1)C(=O)[C@]1([C@@H](N[C@@H](C)c3ccccc3)O2)[C@@H](C(=O)NC2CCCCC2)N(c2ccc(Cl)cc2)C(=O)[C@]1(O)c1ccccc1. The lowest BCUT2D eigenvalue weighted by Crippen LogP contribution is -2.71. The molecule has 3 aliphatic rings. The Bertz CT molecular complexity index is 1860. The van der Waals surface area contributed by atoms with Gasteiger partial charge in [-0.1, -0.05) is 103 Å². The molecule has 9 heteroatoms. The van der Waals surface area contributed by atoms with Crippen molar-refractivity contribution in [2.24, 2.45) is 5.41 Å². The molecule has 7 rings (SSSR count). The quantitative estimate of drug-likeness (QED) is 0.203. The number of carbonyl (C=O) groups is 3. The van der Waals surface area contributed by atoms with Gasteiger partial charge in [0.15, 0.2) is 23.0 Å². The Labute approximate surface area is 291 Å². The van der Waals surface area contributed by atoms with Crippen LogP contribution in [0.25, 0.3) is 0 Å². The molecular weight excluding hydrogens is 638 g/mol. The van der Waals surface area contributed by atoms with Crippen LogP contribution in [0, 0.1) is 12.3 Å². The third-order valence-corrected chi connectivity index (χ3v) is 10.7. The number of hydrogen-bond donors (Lipinski definition) is 3. The van der Waals surface area contributed by atoms with Gasteiger partial charge in [0.2, 0.25) is 5.91 Å². The number of carbonyl (C=O) groups excluding carboxylic acids is 3. The van der Waals surface area contributed by atoms with Gasteiger partial charge in [-0.25, -0.2) is 0 Å². The lowest BCUT2D eigenvalue weighted by molar-refractivity contribution is -0.157. The van der Waals surface area contributed by atoms with Crippen LogP contribution in [0.4, 0.5) is 5.69 Å². The number of halogens is 1. The Hall–Kier alpha value is -4.50. The summed E-state index contributed by atoms with van der Waals surface area (Å²) < 4.78 is 6.75. The molecule has 8 nitrogen and oxygen atoms in total. The molecule has 0 bridgehead atoms. The number of ketones is 1. The zero-order chi connectivity index (χ0) is 34.3. The predicted molar refractivity (Wildman–Crippen MR) is 188 cm³/mol. The normalized spacial score (nSPS) is 25.9. The van der Waals surface area contributed by atoms with E-state index in [1.54, 1.807) is 66.7 Å². The molecule has 2 fully saturated rings. The van der Waals surface area contributed by atoms with Crippen molar-refractivity contribution in [3.8, 4) is 5.75 Å². The molecule has 49 heavy (non-hydrogen) atoms. The monoisotopic (exact) mass is 677 g/mol. The molecule has 2 heterocycles. The lowest BCUT2D eigenvalue weighted by Gasteiger charge is -2.49. The summed E-state index contributed by atoms with van der Waals surface area (Å²) >= 11 is 6.29. The van der Waals surface area contributed by atoms with E-state index in [1.165, 1.54) is 4.90 Å². The molecule has 1 saturated heterocycles. The van der Waals surface area contributed by atoms with Crippen molar-refractivity contribution in [3.05, 3.63) is 130 Å². The van der Waals surface area contributed by atoms with Gasteiger partial charge in [-0.05, 0) is 74.2 Å². The molecule has 4 aromatic carbocycles. The molecule has 1 saturated carbocycles. The summed E-state index contributed by atoms with van der Waals surface area (Å²) in [5.74, 6) is -1.60. The van der Waals surface area contributed by atoms with Crippen molar-refractivity contribution in [2.45, 2.75) is 75.9 Å². The van der Waals surface area contributed by atoms with Crippen LogP contribution < -0.4 is 20.3 Å². The maximum atomic E-state index is 15.6. The molecule has 2 amide bonds. The van der Waals surface area contributed by atoms with E-state index in [2.05, 4.69) is 10.6 Å². The number of nitrogens with zero attached hydrogens (tertiary/aromatic N) is 1. The highest BCUT2D eigenvalue weighted by molar-refractivity contribution is 6.30. The molecule has 0 unspecified atom stereocenters. The number of amides is 2. The van der Waals surface area contributed by atoms with Crippen molar-refractivity contribution >= 4 is 34.9 Å². The Morgan fingerprint density at radius 2 is 1.57 bits per heavy atom. The zero-order valence-corrected chi connectivity index (χ0v) is 28.3. The Morgan fingerprint density at radius 3 is 2.24 bits per heavy atom. The minimum Gasteiger partial charge on any atom is -0.473 e. The van der Waals surface area contributed by atoms with Gasteiger partial charge >= 0.3 is 0 Å². The van der Waals surface area contributed by atoms with Crippen molar-refractivity contribution < 1.29 is 24.2 Å². The van der Waals surface area contributed by atoms with Crippen LogP contribution in [0.5, 0.6) is 5.75 Å². The van der Waals surface area contributed by atoms with Gasteiger partial charge in [0.1, 0.15) is 11.8 Å². The maximum Gasteiger partial charge on any atom is 0.265 e. The van der Waals surface area contributed by atoms with Crippen molar-refractivity contribution in [1.29, 1.82) is 0 Å². The van der Waals surface area contributed by atoms with Gasteiger partial charge in [0.05, 0.1) is 5.56 Å². The van der Waals surface area contributed by atoms with Gasteiger partial charge in [0, 0.05) is 22.8 Å². The van der Waals surface area contributed by atoms with E-state index in [4.69, 9.17) is 16.3 Å². The van der Waals surface area contributed by atoms with Crippen LogP contribution in [-0.2, 0) is 15.2 Å². The van der Waals surface area contributed by atoms with Crippen LogP contribution in [0.3, 0.4) is 0 Å². The molecule has 4 aromatic rings. The van der Waals surface area contributed by atoms with Gasteiger partial charge in [-0.2, -0.15) is 0 Å². The molecule has 3 N–H and O–H groups in total. The molecule has 252 valence electrons. The number of anilines is 1. The van der Waals surface area contributed by atoms with Crippen LogP contribution >= 0.6 is 11.6 Å². The molecule has 1 spiro atoms. The Morgan fingerprint density at radius 1 is 0.918 bits per heavy atom. The average molecular weight is 678 g/mol. The predicted octanol–water partition coefficient (Wildman–Crippen LogP) is 6.64. The number of aliphatic hydroxyl groups is 1. The number of rotatable bonds is 7. The van der Waals surface area contributed by atoms with Crippen molar-refractivity contribution in [2.75, 3.05) is 4.90 Å². The first-order valence-electron chi connectivity index (χ1n) is 17.0. The summed E-state index contributed by atoms with van der Waals surface area (Å²) in [6.07, 6.45) is 3.22. The molecular formula is C40H40ClN3O5. The second-order valence-corrected chi connectivity index (χ2v) is 13.9. The fourth-order valence-electron chi connectivity index (χ4n) is 7.97. The van der Waals surface area contributed by atoms with Gasteiger partial charge in [-0.3, -0.25) is 24.6 Å². The summed E-state index contributed by atoms with van der Waals surface area (Å²) in [7, 11) is 0. The largest absolute Gasteiger partial charge is 0.473 e. The minimum atomic E-state index is -2.55. The van der Waals surface area contributed by atoms with E-state index < -0.39 is 46.9 Å². The Balaban J connectivity index is 1.52. The fraction of sp³-hybridized carbons (Fsp3) is 0.325. The number of fused-ring (bicyclic) bond motifs is 1. The van der Waals surface area contributed by atoms with E-state index in [1.807, 2.05) is 50.2 Å². The van der Waals surface area contributed by atoms with E-state index in [9.17, 15) is 5.11 Å². The molecule has 1 aliphatic carbocycles. The minimum absolute atomic E-state index is 0.144. The van der Waals surface area contributed by atoms with Gasteiger partial charge in [0.25, 0.3) is 5.91 Å². The van der Waals surface area contributed by atoms with Gasteiger partial charge < -0.3 is 15.2 Å². The third kappa shape index (κ3) is 5.43. The van der Waals surface area contributed by atoms with E-state index in [0.717, 1.165) is 43.2 Å². The summed E-state index contributed by atoms with van der Waals surface area (Å²) in [6, 6.07) is 27.8. The molecule has 0 aromatic heterocycles. The molecule has 2 aliphatic heterocycles. The number of nitrogens with one attached hydrogen (secondary N) is 2. The van der Waals surface area contributed by atoms with Crippen LogP contribution in [0.1, 0.15) is 72.1 Å². The van der Waals surface area contributed by atoms with Gasteiger partial charge in [-0.15, -0.1) is 0 Å². The first-order valence-corrected chi connectivity index (χ1v) is 17.3. The second-order valence-electron chi connectivity index (χ2n) is 13.5. The maximum absolute atomic E-state index is 15.6. The number of hydrogen-bond acceptors (Lipinski definition) is 6. The lowest BCUT2D eigenvalue weighted by atomic mass is 9.60.